The number of morpholine rings is 2. The number of hydrogen-bond acceptors (Lipinski definition) is 10. The summed E-state index contributed by atoms with van der Waals surface area (Å²) in [6.07, 6.45) is 0. The smallest absolute Gasteiger partial charge is 0.342 e. The van der Waals surface area contributed by atoms with Crippen molar-refractivity contribution in [2.45, 2.75) is 32.5 Å². The molecule has 2 heterocycles. The first-order valence-corrected chi connectivity index (χ1v) is 21.5. The molecule has 2 aliphatic carbocycles. The van der Waals surface area contributed by atoms with Crippen molar-refractivity contribution in [3.05, 3.63) is 189 Å². The Morgan fingerprint density at radius 2 is 1.08 bits per heavy atom. The van der Waals surface area contributed by atoms with E-state index < -0.39 is 17.5 Å². The summed E-state index contributed by atoms with van der Waals surface area (Å²) in [4.78, 5) is 43.8. The molecule has 1 N–H and O–H groups in total. The van der Waals surface area contributed by atoms with E-state index in [4.69, 9.17) is 18.9 Å². The summed E-state index contributed by atoms with van der Waals surface area (Å²) < 4.78 is 21.6. The van der Waals surface area contributed by atoms with Crippen LogP contribution in [0.4, 0.5) is 0 Å². The van der Waals surface area contributed by atoms with Gasteiger partial charge in [0.2, 0.25) is 5.78 Å². The summed E-state index contributed by atoms with van der Waals surface area (Å²) in [7, 11) is 0. The summed E-state index contributed by atoms with van der Waals surface area (Å²) in [6, 6.07) is 40.8. The average molecular weight is 833 g/mol. The zero-order valence-electron chi connectivity index (χ0n) is 35.3. The number of aliphatic hydroxyl groups is 1. The second-order valence-electron chi connectivity index (χ2n) is 15.6. The van der Waals surface area contributed by atoms with Gasteiger partial charge in [-0.15, -0.1) is 0 Å². The summed E-state index contributed by atoms with van der Waals surface area (Å²) >= 11 is 0. The van der Waals surface area contributed by atoms with Crippen molar-refractivity contribution >= 4 is 28.9 Å². The van der Waals surface area contributed by atoms with E-state index in [0.717, 1.165) is 105 Å². The number of esters is 2. The van der Waals surface area contributed by atoms with Crippen molar-refractivity contribution in [1.82, 2.24) is 9.80 Å². The Bertz CT molecular complexity index is 2470. The number of nitrogens with zero attached hydrogens (tertiary/aromatic N) is 2. The van der Waals surface area contributed by atoms with Gasteiger partial charge in [0.05, 0.1) is 45.2 Å². The van der Waals surface area contributed by atoms with E-state index in [-0.39, 0.29) is 30.1 Å². The van der Waals surface area contributed by atoms with Crippen LogP contribution >= 0.6 is 0 Å². The largest absolute Gasteiger partial charge is 0.463 e. The Labute approximate surface area is 363 Å². The van der Waals surface area contributed by atoms with Crippen LogP contribution < -0.4 is 0 Å². The second-order valence-corrected chi connectivity index (χ2v) is 15.6. The van der Waals surface area contributed by atoms with Gasteiger partial charge in [0.15, 0.2) is 0 Å². The normalized spacial score (nSPS) is 18.8. The molecule has 318 valence electrons. The van der Waals surface area contributed by atoms with Gasteiger partial charge in [0.25, 0.3) is 0 Å². The summed E-state index contributed by atoms with van der Waals surface area (Å²) in [5.74, 6) is -1.31. The summed E-state index contributed by atoms with van der Waals surface area (Å²) in [5.41, 5.74) is 7.63. The van der Waals surface area contributed by atoms with Crippen LogP contribution in [0.2, 0.25) is 0 Å². The lowest BCUT2D eigenvalue weighted by Crippen LogP contribution is -2.36. The molecule has 0 saturated carbocycles. The lowest BCUT2D eigenvalue weighted by atomic mass is 9.82. The number of hydrogen-bond donors (Lipinski definition) is 1. The standard InChI is InChI=1S/C29H29NO4.C23H23NO4/c1-2-34-28(31)27-26(22-9-5-3-6-10-22)24-14-13-21(20-30-15-17-33-18-16-30)19-25(24)29(27,32)23-11-7-4-8-12-23;1-2-28-23(26)21-20(17-6-4-3-5-7-17)18-9-8-16(14-19(18)22(21)25)15-24-10-12-27-13-11-24/h3-14,19,32H,2,15-18,20H2,1H3;3-9,14H,2,10-13,15H2,1H3. The molecule has 0 spiro atoms. The van der Waals surface area contributed by atoms with Crippen LogP contribution in [0.25, 0.3) is 11.1 Å². The number of benzene rings is 5. The molecule has 2 fully saturated rings. The third-order valence-corrected chi connectivity index (χ3v) is 11.7. The maximum absolute atomic E-state index is 13.4. The first-order valence-electron chi connectivity index (χ1n) is 21.5. The van der Waals surface area contributed by atoms with E-state index in [2.05, 4.69) is 15.9 Å². The molecule has 2 saturated heterocycles. The molecule has 10 nitrogen and oxygen atoms in total. The van der Waals surface area contributed by atoms with Gasteiger partial charge < -0.3 is 24.1 Å². The highest BCUT2D eigenvalue weighted by molar-refractivity contribution is 6.35. The predicted octanol–water partition coefficient (Wildman–Crippen LogP) is 7.21. The van der Waals surface area contributed by atoms with Gasteiger partial charge in [-0.05, 0) is 58.9 Å². The van der Waals surface area contributed by atoms with Crippen molar-refractivity contribution < 1.29 is 38.4 Å². The molecule has 0 radical (unpaired) electrons. The molecule has 9 rings (SSSR count). The molecule has 1 unspecified atom stereocenters. The van der Waals surface area contributed by atoms with E-state index in [1.807, 2.05) is 121 Å². The van der Waals surface area contributed by atoms with Crippen molar-refractivity contribution in [2.75, 3.05) is 65.8 Å². The lowest BCUT2D eigenvalue weighted by Gasteiger charge is -2.29. The van der Waals surface area contributed by atoms with Crippen LogP contribution in [-0.2, 0) is 47.2 Å². The molecule has 62 heavy (non-hydrogen) atoms. The Hall–Kier alpha value is -6.01. The minimum absolute atomic E-state index is 0.131. The first-order chi connectivity index (χ1) is 30.3. The number of rotatable bonds is 11. The fourth-order valence-corrected chi connectivity index (χ4v) is 8.81. The van der Waals surface area contributed by atoms with E-state index in [1.54, 1.807) is 13.8 Å². The highest BCUT2D eigenvalue weighted by atomic mass is 16.5. The SMILES string of the molecule is CCOC(=O)C1=C(c2ccccc2)c2ccc(CN3CCOCC3)cc2C1(O)c1ccccc1.CCOC(=O)C1=C(c2ccccc2)c2ccc(CN3CCOCC3)cc2C1=O. The van der Waals surface area contributed by atoms with Crippen molar-refractivity contribution in [3.8, 4) is 0 Å². The monoisotopic (exact) mass is 832 g/mol. The Morgan fingerprint density at radius 1 is 0.597 bits per heavy atom. The van der Waals surface area contributed by atoms with Crippen LogP contribution in [0.1, 0.15) is 68.7 Å². The number of ether oxygens (including phenoxy) is 4. The van der Waals surface area contributed by atoms with Gasteiger partial charge in [-0.25, -0.2) is 9.59 Å². The van der Waals surface area contributed by atoms with Crippen molar-refractivity contribution in [3.63, 3.8) is 0 Å². The fraction of sp³-hybridized carbons (Fsp3) is 0.288. The predicted molar refractivity (Wildman–Crippen MR) is 237 cm³/mol. The minimum Gasteiger partial charge on any atom is -0.463 e. The van der Waals surface area contributed by atoms with Crippen molar-refractivity contribution in [2.24, 2.45) is 0 Å². The maximum atomic E-state index is 13.4. The van der Waals surface area contributed by atoms with Gasteiger partial charge in [-0.2, -0.15) is 0 Å². The molecule has 4 aliphatic rings. The van der Waals surface area contributed by atoms with Gasteiger partial charge >= 0.3 is 11.9 Å². The molecular weight excluding hydrogens is 781 g/mol. The number of carbonyl (C=O) groups is 3. The molecule has 5 aromatic carbocycles. The average Bonchev–Trinajstić information content (AvgIpc) is 3.76. The fourth-order valence-electron chi connectivity index (χ4n) is 8.81. The van der Waals surface area contributed by atoms with Crippen molar-refractivity contribution in [1.29, 1.82) is 0 Å². The summed E-state index contributed by atoms with van der Waals surface area (Å²) in [6.45, 7) is 12.0. The van der Waals surface area contributed by atoms with E-state index in [0.29, 0.717) is 22.3 Å². The number of ketones is 1. The second kappa shape index (κ2) is 19.4. The zero-order valence-corrected chi connectivity index (χ0v) is 35.3. The third-order valence-electron chi connectivity index (χ3n) is 11.7. The quantitative estimate of drug-likeness (QED) is 0.108. The topological polar surface area (TPSA) is 115 Å². The number of Topliss-reactive ketones (excluding diaryl/α,β-unsaturated/α-hetero) is 1. The first kappa shape index (κ1) is 42.7. The van der Waals surface area contributed by atoms with Crippen LogP contribution in [0.3, 0.4) is 0 Å². The number of fused-ring (bicyclic) bond motifs is 2. The van der Waals surface area contributed by atoms with Crippen LogP contribution in [0.5, 0.6) is 0 Å². The van der Waals surface area contributed by atoms with Crippen LogP contribution in [0, 0.1) is 0 Å². The maximum Gasteiger partial charge on any atom is 0.342 e. The summed E-state index contributed by atoms with van der Waals surface area (Å²) in [5, 5.41) is 12.4. The van der Waals surface area contributed by atoms with E-state index in [1.165, 1.54) is 0 Å². The molecule has 10 heteroatoms. The highest BCUT2D eigenvalue weighted by Crippen LogP contribution is 2.51. The van der Waals surface area contributed by atoms with Crippen LogP contribution in [0.15, 0.2) is 139 Å². The lowest BCUT2D eigenvalue weighted by molar-refractivity contribution is -0.140. The Morgan fingerprint density at radius 3 is 1.63 bits per heavy atom. The van der Waals surface area contributed by atoms with Gasteiger partial charge in [-0.1, -0.05) is 121 Å². The molecule has 1 atom stereocenters. The van der Waals surface area contributed by atoms with Gasteiger partial charge in [0.1, 0.15) is 11.2 Å². The van der Waals surface area contributed by atoms with E-state index >= 15 is 0 Å². The van der Waals surface area contributed by atoms with E-state index in [9.17, 15) is 19.5 Å². The van der Waals surface area contributed by atoms with Gasteiger partial charge in [0, 0.05) is 61.5 Å². The minimum atomic E-state index is -1.62. The Kier molecular flexibility index (Phi) is 13.3. The van der Waals surface area contributed by atoms with Crippen LogP contribution in [-0.4, -0.2) is 98.4 Å². The zero-order chi connectivity index (χ0) is 43.1. The highest BCUT2D eigenvalue weighted by Gasteiger charge is 2.49. The Balaban J connectivity index is 0.000000174. The van der Waals surface area contributed by atoms with Gasteiger partial charge in [-0.3, -0.25) is 14.6 Å². The molecule has 2 aliphatic heterocycles. The third kappa shape index (κ3) is 8.70. The molecule has 5 aromatic rings. The molecule has 0 bridgehead atoms. The molecule has 0 amide bonds. The molecule has 0 aromatic heterocycles. The number of carbonyl (C=O) groups excluding carboxylic acids is 3. The molecular formula is C52H52N2O8.